The molecule has 0 atom stereocenters. The summed E-state index contributed by atoms with van der Waals surface area (Å²) in [6, 6.07) is 6.42. The van der Waals surface area contributed by atoms with Crippen LogP contribution >= 0.6 is 0 Å². The van der Waals surface area contributed by atoms with Gasteiger partial charge in [-0.15, -0.1) is 0 Å². The first-order chi connectivity index (χ1) is 9.41. The first-order valence-corrected chi connectivity index (χ1v) is 6.73. The van der Waals surface area contributed by atoms with Crippen molar-refractivity contribution in [2.45, 2.75) is 26.3 Å². The molecule has 0 bridgehead atoms. The summed E-state index contributed by atoms with van der Waals surface area (Å²) < 4.78 is 0. The van der Waals surface area contributed by atoms with E-state index in [-0.39, 0.29) is 11.5 Å². The van der Waals surface area contributed by atoms with Gasteiger partial charge >= 0.3 is 5.97 Å². The molecule has 0 radical (unpaired) electrons. The van der Waals surface area contributed by atoms with E-state index in [4.69, 9.17) is 5.11 Å². The van der Waals surface area contributed by atoms with Gasteiger partial charge in [-0.25, -0.2) is 4.79 Å². The van der Waals surface area contributed by atoms with Crippen LogP contribution < -0.4 is 5.32 Å². The van der Waals surface area contributed by atoms with Crippen molar-refractivity contribution in [1.82, 2.24) is 10.2 Å². The minimum absolute atomic E-state index is 0.172. The van der Waals surface area contributed by atoms with Crippen molar-refractivity contribution >= 4 is 11.9 Å². The summed E-state index contributed by atoms with van der Waals surface area (Å²) in [7, 11) is 2.05. The van der Waals surface area contributed by atoms with E-state index >= 15 is 0 Å². The molecule has 0 aliphatic carbocycles. The van der Waals surface area contributed by atoms with E-state index in [9.17, 15) is 9.59 Å². The Morgan fingerprint density at radius 3 is 2.25 bits per heavy atom. The Morgan fingerprint density at radius 1 is 1.20 bits per heavy atom. The van der Waals surface area contributed by atoms with Crippen molar-refractivity contribution in [1.29, 1.82) is 0 Å². The van der Waals surface area contributed by atoms with Gasteiger partial charge in [-0.3, -0.25) is 4.79 Å². The predicted octanol–water partition coefficient (Wildman–Crippen LogP) is 1.84. The molecule has 0 aliphatic rings. The van der Waals surface area contributed by atoms with E-state index in [2.05, 4.69) is 31.1 Å². The molecule has 2 N–H and O–H groups in total. The van der Waals surface area contributed by atoms with Crippen LogP contribution in [0.25, 0.3) is 0 Å². The highest BCUT2D eigenvalue weighted by Crippen LogP contribution is 2.04. The molecule has 0 saturated heterocycles. The number of carbonyl (C=O) groups is 2. The number of nitrogens with one attached hydrogen (secondary N) is 1. The molecule has 5 heteroatoms. The van der Waals surface area contributed by atoms with Gasteiger partial charge in [0.2, 0.25) is 0 Å². The van der Waals surface area contributed by atoms with Gasteiger partial charge in [0.1, 0.15) is 0 Å². The molecular formula is C15H22N2O3. The summed E-state index contributed by atoms with van der Waals surface area (Å²) >= 11 is 0. The number of hydrogen-bond donors (Lipinski definition) is 2. The Balaban J connectivity index is 2.38. The van der Waals surface area contributed by atoms with Crippen LogP contribution in [0.3, 0.4) is 0 Å². The average Bonchev–Trinajstić information content (AvgIpc) is 2.43. The standard InChI is InChI=1S/C15H22N2O3/c1-11(2)17(3)10-4-9-16-14(18)12-5-7-13(8-6-12)15(19)20/h5-8,11H,4,9-10H2,1-3H3,(H,16,18)(H,19,20). The number of nitrogens with zero attached hydrogens (tertiary/aromatic N) is 1. The van der Waals surface area contributed by atoms with Gasteiger partial charge in [0.15, 0.2) is 0 Å². The van der Waals surface area contributed by atoms with Gasteiger partial charge in [0.05, 0.1) is 5.56 Å². The molecule has 5 nitrogen and oxygen atoms in total. The number of carbonyl (C=O) groups excluding carboxylic acids is 1. The molecular weight excluding hydrogens is 256 g/mol. The summed E-state index contributed by atoms with van der Waals surface area (Å²) in [5, 5.41) is 11.6. The molecule has 0 heterocycles. The van der Waals surface area contributed by atoms with Crippen LogP contribution in [0, 0.1) is 0 Å². The Morgan fingerprint density at radius 2 is 1.75 bits per heavy atom. The summed E-state index contributed by atoms with van der Waals surface area (Å²) in [5.74, 6) is -1.16. The molecule has 0 fully saturated rings. The second-order valence-corrected chi connectivity index (χ2v) is 5.07. The lowest BCUT2D eigenvalue weighted by Gasteiger charge is -2.20. The molecule has 1 rings (SSSR count). The van der Waals surface area contributed by atoms with E-state index < -0.39 is 5.97 Å². The van der Waals surface area contributed by atoms with E-state index in [1.165, 1.54) is 24.3 Å². The lowest BCUT2D eigenvalue weighted by Crippen LogP contribution is -2.31. The third-order valence-electron chi connectivity index (χ3n) is 3.25. The summed E-state index contributed by atoms with van der Waals surface area (Å²) in [6.07, 6.45) is 0.883. The number of hydrogen-bond acceptors (Lipinski definition) is 3. The predicted molar refractivity (Wildman–Crippen MR) is 78.1 cm³/mol. The number of carboxylic acids is 1. The largest absolute Gasteiger partial charge is 0.478 e. The van der Waals surface area contributed by atoms with E-state index in [0.29, 0.717) is 18.2 Å². The zero-order valence-corrected chi connectivity index (χ0v) is 12.2. The van der Waals surface area contributed by atoms with Gasteiger partial charge in [-0.2, -0.15) is 0 Å². The number of benzene rings is 1. The number of carboxylic acid groups (broad SMARTS) is 1. The molecule has 20 heavy (non-hydrogen) atoms. The molecule has 1 aromatic rings. The minimum Gasteiger partial charge on any atom is -0.478 e. The fourth-order valence-electron chi connectivity index (χ4n) is 1.65. The Hall–Kier alpha value is -1.88. The molecule has 0 aliphatic heterocycles. The van der Waals surface area contributed by atoms with E-state index in [1.807, 2.05) is 0 Å². The van der Waals surface area contributed by atoms with Crippen LogP contribution in [0.5, 0.6) is 0 Å². The fourth-order valence-corrected chi connectivity index (χ4v) is 1.65. The third-order valence-corrected chi connectivity index (χ3v) is 3.25. The zero-order valence-electron chi connectivity index (χ0n) is 12.2. The van der Waals surface area contributed by atoms with Crippen LogP contribution in [0.1, 0.15) is 41.0 Å². The Labute approximate surface area is 119 Å². The maximum absolute atomic E-state index is 11.8. The Bertz CT molecular complexity index is 455. The van der Waals surface area contributed by atoms with Crippen molar-refractivity contribution in [2.24, 2.45) is 0 Å². The van der Waals surface area contributed by atoms with Crippen molar-refractivity contribution in [3.63, 3.8) is 0 Å². The smallest absolute Gasteiger partial charge is 0.335 e. The quantitative estimate of drug-likeness (QED) is 0.747. The van der Waals surface area contributed by atoms with Crippen LogP contribution in [0.15, 0.2) is 24.3 Å². The molecule has 0 aromatic heterocycles. The molecule has 0 unspecified atom stereocenters. The van der Waals surface area contributed by atoms with Crippen LogP contribution in [0.2, 0.25) is 0 Å². The monoisotopic (exact) mass is 278 g/mol. The van der Waals surface area contributed by atoms with Crippen LogP contribution in [0.4, 0.5) is 0 Å². The Kier molecular flexibility index (Phi) is 6.18. The lowest BCUT2D eigenvalue weighted by molar-refractivity contribution is 0.0696. The summed E-state index contributed by atoms with van der Waals surface area (Å²) in [6.45, 7) is 5.79. The first kappa shape index (κ1) is 16.2. The normalized spacial score (nSPS) is 10.8. The van der Waals surface area contributed by atoms with Gasteiger partial charge in [0.25, 0.3) is 5.91 Å². The van der Waals surface area contributed by atoms with Crippen molar-refractivity contribution in [2.75, 3.05) is 20.1 Å². The lowest BCUT2D eigenvalue weighted by atomic mass is 10.1. The van der Waals surface area contributed by atoms with Gasteiger partial charge in [0, 0.05) is 18.2 Å². The maximum Gasteiger partial charge on any atom is 0.335 e. The number of rotatable bonds is 7. The maximum atomic E-state index is 11.8. The summed E-state index contributed by atoms with van der Waals surface area (Å²) in [4.78, 5) is 24.8. The highest BCUT2D eigenvalue weighted by molar-refractivity contribution is 5.95. The molecule has 0 spiro atoms. The summed E-state index contributed by atoms with van der Waals surface area (Å²) in [5.41, 5.74) is 0.660. The molecule has 1 aromatic carbocycles. The van der Waals surface area contributed by atoms with Gasteiger partial charge < -0.3 is 15.3 Å². The van der Waals surface area contributed by atoms with E-state index in [1.54, 1.807) is 0 Å². The fraction of sp³-hybridized carbons (Fsp3) is 0.467. The molecule has 110 valence electrons. The number of amides is 1. The second kappa shape index (κ2) is 7.65. The highest BCUT2D eigenvalue weighted by Gasteiger charge is 2.08. The van der Waals surface area contributed by atoms with Gasteiger partial charge in [-0.1, -0.05) is 0 Å². The number of aromatic carboxylic acids is 1. The van der Waals surface area contributed by atoms with Gasteiger partial charge in [-0.05, 0) is 58.1 Å². The van der Waals surface area contributed by atoms with Crippen LogP contribution in [-0.2, 0) is 0 Å². The molecule has 1 amide bonds. The zero-order chi connectivity index (χ0) is 15.1. The minimum atomic E-state index is -0.992. The van der Waals surface area contributed by atoms with Crippen LogP contribution in [-0.4, -0.2) is 48.1 Å². The topological polar surface area (TPSA) is 69.6 Å². The molecule has 0 saturated carbocycles. The average molecular weight is 278 g/mol. The second-order valence-electron chi connectivity index (χ2n) is 5.07. The highest BCUT2D eigenvalue weighted by atomic mass is 16.4. The van der Waals surface area contributed by atoms with Crippen molar-refractivity contribution in [3.05, 3.63) is 35.4 Å². The van der Waals surface area contributed by atoms with Crippen molar-refractivity contribution in [3.8, 4) is 0 Å². The van der Waals surface area contributed by atoms with E-state index in [0.717, 1.165) is 13.0 Å². The van der Waals surface area contributed by atoms with Crippen molar-refractivity contribution < 1.29 is 14.7 Å². The first-order valence-electron chi connectivity index (χ1n) is 6.73. The SMILES string of the molecule is CC(C)N(C)CCCNC(=O)c1ccc(C(=O)O)cc1. The third kappa shape index (κ3) is 5.01.